The molecule has 0 spiro atoms. The van der Waals surface area contributed by atoms with Crippen LogP contribution in [0.5, 0.6) is 5.75 Å². The van der Waals surface area contributed by atoms with E-state index in [1.165, 1.54) is 0 Å². The molecule has 6 nitrogen and oxygen atoms in total. The Kier molecular flexibility index (Phi) is 10.1. The summed E-state index contributed by atoms with van der Waals surface area (Å²) in [5.74, 6) is 0.863. The molecule has 3 atom stereocenters. The molecule has 8 heteroatoms. The number of halogens is 2. The van der Waals surface area contributed by atoms with Crippen molar-refractivity contribution >= 4 is 23.2 Å². The Balaban J connectivity index is 1.53. The first-order valence-corrected chi connectivity index (χ1v) is 12.4. The highest BCUT2D eigenvalue weighted by Crippen LogP contribution is 2.38. The fourth-order valence-corrected chi connectivity index (χ4v) is 4.32. The van der Waals surface area contributed by atoms with Gasteiger partial charge in [-0.3, -0.25) is 4.90 Å². The van der Waals surface area contributed by atoms with Crippen LogP contribution in [0.15, 0.2) is 47.0 Å². The van der Waals surface area contributed by atoms with E-state index >= 15 is 0 Å². The highest BCUT2D eigenvalue weighted by molar-refractivity contribution is 6.30. The van der Waals surface area contributed by atoms with Gasteiger partial charge in [0.2, 0.25) is 0 Å². The fourth-order valence-electron chi connectivity index (χ4n) is 3.96. The maximum atomic E-state index is 10.3. The molecule has 0 amide bonds. The molecule has 0 aromatic heterocycles. The van der Waals surface area contributed by atoms with Gasteiger partial charge in [0.25, 0.3) is 0 Å². The van der Waals surface area contributed by atoms with Crippen molar-refractivity contribution in [3.63, 3.8) is 0 Å². The molecule has 1 heterocycles. The van der Waals surface area contributed by atoms with Crippen LogP contribution in [-0.2, 0) is 14.9 Å². The predicted molar refractivity (Wildman–Crippen MR) is 131 cm³/mol. The molecule has 0 saturated carbocycles. The van der Waals surface area contributed by atoms with Gasteiger partial charge in [0.1, 0.15) is 18.5 Å². The van der Waals surface area contributed by atoms with E-state index in [1.54, 1.807) is 0 Å². The highest BCUT2D eigenvalue weighted by atomic mass is 35.5. The summed E-state index contributed by atoms with van der Waals surface area (Å²) in [5.41, 5.74) is 1.99. The standard InChI is InChI=1S/C25H35Cl2NO5/c1-25(2,19-5-8-24(23(27)13-19)33-16-20(29)14-26)18-3-6-22(7-4-18)32-17-21(30)15-28-9-11-31-12-10-28/h3-7,13,20-21,24,29-30H,8-12,14-17H2,1-2H3/t20-,21+,24-/m0/s1. The fraction of sp³-hybridized carbons (Fsp3) is 0.600. The second-order valence-electron chi connectivity index (χ2n) is 9.08. The summed E-state index contributed by atoms with van der Waals surface area (Å²) in [6.07, 6.45) is 3.24. The van der Waals surface area contributed by atoms with Crippen molar-refractivity contribution in [3.05, 3.63) is 52.6 Å². The van der Waals surface area contributed by atoms with Gasteiger partial charge in [0.15, 0.2) is 0 Å². The van der Waals surface area contributed by atoms with Gasteiger partial charge in [0, 0.05) is 30.1 Å². The van der Waals surface area contributed by atoms with Crippen molar-refractivity contribution in [2.24, 2.45) is 0 Å². The van der Waals surface area contributed by atoms with Crippen LogP contribution in [0, 0.1) is 0 Å². The summed E-state index contributed by atoms with van der Waals surface area (Å²) >= 11 is 12.1. The van der Waals surface area contributed by atoms with E-state index in [4.69, 9.17) is 37.4 Å². The number of hydrogen-bond donors (Lipinski definition) is 2. The van der Waals surface area contributed by atoms with Crippen LogP contribution in [0.1, 0.15) is 25.8 Å². The zero-order chi connectivity index (χ0) is 23.8. The van der Waals surface area contributed by atoms with Crippen LogP contribution < -0.4 is 4.74 Å². The van der Waals surface area contributed by atoms with E-state index in [9.17, 15) is 10.2 Å². The Bertz CT molecular complexity index is 806. The Morgan fingerprint density at radius 1 is 1.12 bits per heavy atom. The summed E-state index contributed by atoms with van der Waals surface area (Å²) in [4.78, 5) is 2.19. The third-order valence-corrected chi connectivity index (χ3v) is 6.84. The molecular formula is C25H35Cl2NO5. The normalized spacial score (nSPS) is 21.8. The van der Waals surface area contributed by atoms with Crippen LogP contribution >= 0.6 is 23.2 Å². The van der Waals surface area contributed by atoms with Gasteiger partial charge >= 0.3 is 0 Å². The summed E-state index contributed by atoms with van der Waals surface area (Å²) in [5, 5.41) is 20.5. The predicted octanol–water partition coefficient (Wildman–Crippen LogP) is 3.47. The van der Waals surface area contributed by atoms with Gasteiger partial charge in [-0.25, -0.2) is 0 Å². The summed E-state index contributed by atoms with van der Waals surface area (Å²) < 4.78 is 16.8. The Morgan fingerprint density at radius 3 is 2.45 bits per heavy atom. The number of aliphatic hydroxyl groups excluding tert-OH is 2. The van der Waals surface area contributed by atoms with E-state index in [0.29, 0.717) is 31.2 Å². The first-order chi connectivity index (χ1) is 15.8. The molecule has 1 saturated heterocycles. The number of rotatable bonds is 11. The van der Waals surface area contributed by atoms with Crippen LogP contribution in [-0.4, -0.2) is 85.4 Å². The molecule has 2 aliphatic rings. The average Bonchev–Trinajstić information content (AvgIpc) is 2.82. The summed E-state index contributed by atoms with van der Waals surface area (Å²) in [6.45, 7) is 8.43. The number of morpholine rings is 1. The number of hydrogen-bond acceptors (Lipinski definition) is 6. The number of β-amino-alcohol motifs (C(OH)–C–C–N with tert-alkyl or cyclic N) is 1. The molecule has 1 aromatic rings. The lowest BCUT2D eigenvalue weighted by atomic mass is 9.75. The largest absolute Gasteiger partial charge is 0.491 e. The molecule has 1 aromatic carbocycles. The molecule has 184 valence electrons. The molecule has 1 aliphatic heterocycles. The van der Waals surface area contributed by atoms with E-state index in [2.05, 4.69) is 24.8 Å². The molecular weight excluding hydrogens is 465 g/mol. The minimum Gasteiger partial charge on any atom is -0.491 e. The maximum Gasteiger partial charge on any atom is 0.119 e. The quantitative estimate of drug-likeness (QED) is 0.454. The summed E-state index contributed by atoms with van der Waals surface area (Å²) in [7, 11) is 0. The van der Waals surface area contributed by atoms with Crippen molar-refractivity contribution < 1.29 is 24.4 Å². The van der Waals surface area contributed by atoms with E-state index in [0.717, 1.165) is 30.0 Å². The number of alkyl halides is 1. The van der Waals surface area contributed by atoms with Crippen molar-refractivity contribution in [3.8, 4) is 5.75 Å². The first kappa shape index (κ1) is 26.5. The van der Waals surface area contributed by atoms with Crippen molar-refractivity contribution in [2.75, 3.05) is 51.9 Å². The third kappa shape index (κ3) is 7.69. The van der Waals surface area contributed by atoms with Crippen molar-refractivity contribution in [1.29, 1.82) is 0 Å². The number of aliphatic hydroxyl groups is 2. The molecule has 1 fully saturated rings. The Labute approximate surface area is 206 Å². The maximum absolute atomic E-state index is 10.3. The molecule has 2 N–H and O–H groups in total. The minimum atomic E-state index is -0.695. The highest BCUT2D eigenvalue weighted by Gasteiger charge is 2.29. The second-order valence-corrected chi connectivity index (χ2v) is 9.83. The molecule has 0 unspecified atom stereocenters. The molecule has 0 bridgehead atoms. The minimum absolute atomic E-state index is 0.134. The molecule has 3 rings (SSSR count). The number of benzene rings is 1. The van der Waals surface area contributed by atoms with Crippen molar-refractivity contribution in [2.45, 2.75) is 44.0 Å². The topological polar surface area (TPSA) is 71.4 Å². The number of allylic oxidation sites excluding steroid dienone is 2. The van der Waals surface area contributed by atoms with Crippen molar-refractivity contribution in [1.82, 2.24) is 4.90 Å². The second kappa shape index (κ2) is 12.5. The van der Waals surface area contributed by atoms with Crippen LogP contribution in [0.25, 0.3) is 0 Å². The smallest absolute Gasteiger partial charge is 0.119 e. The number of ether oxygens (including phenoxy) is 3. The Hall–Kier alpha value is -1.12. The van der Waals surface area contributed by atoms with E-state index in [-0.39, 0.29) is 30.6 Å². The van der Waals surface area contributed by atoms with Gasteiger partial charge in [-0.15, -0.1) is 11.6 Å². The van der Waals surface area contributed by atoms with Gasteiger partial charge in [-0.2, -0.15) is 0 Å². The first-order valence-electron chi connectivity index (χ1n) is 11.4. The van der Waals surface area contributed by atoms with Crippen LogP contribution in [0.3, 0.4) is 0 Å². The lowest BCUT2D eigenvalue weighted by Crippen LogP contribution is -2.42. The lowest BCUT2D eigenvalue weighted by Gasteiger charge is -2.31. The lowest BCUT2D eigenvalue weighted by molar-refractivity contribution is 0.00465. The zero-order valence-corrected chi connectivity index (χ0v) is 20.9. The van der Waals surface area contributed by atoms with Crippen LogP contribution in [0.4, 0.5) is 0 Å². The summed E-state index contributed by atoms with van der Waals surface area (Å²) in [6, 6.07) is 7.97. The van der Waals surface area contributed by atoms with E-state index in [1.807, 2.05) is 30.3 Å². The SMILES string of the molecule is CC(C)(C1=CC[C@H](OC[C@@H](O)CCl)C(Cl)=C1)c1ccc(OC[C@H](O)CN2CCOCC2)cc1. The number of nitrogens with zero attached hydrogens (tertiary/aromatic N) is 1. The molecule has 1 aliphatic carbocycles. The third-order valence-electron chi connectivity index (χ3n) is 6.13. The van der Waals surface area contributed by atoms with Crippen LogP contribution in [0.2, 0.25) is 0 Å². The molecule has 0 radical (unpaired) electrons. The Morgan fingerprint density at radius 2 is 1.82 bits per heavy atom. The van der Waals surface area contributed by atoms with Gasteiger partial charge in [-0.1, -0.05) is 43.7 Å². The molecule has 33 heavy (non-hydrogen) atoms. The van der Waals surface area contributed by atoms with Gasteiger partial charge in [0.05, 0.1) is 37.9 Å². The average molecular weight is 500 g/mol. The zero-order valence-electron chi connectivity index (χ0n) is 19.4. The van der Waals surface area contributed by atoms with E-state index < -0.39 is 12.2 Å². The van der Waals surface area contributed by atoms with Gasteiger partial charge < -0.3 is 24.4 Å². The monoisotopic (exact) mass is 499 g/mol. The van der Waals surface area contributed by atoms with Gasteiger partial charge in [-0.05, 0) is 35.8 Å².